The highest BCUT2D eigenvalue weighted by molar-refractivity contribution is 5.74. The summed E-state index contributed by atoms with van der Waals surface area (Å²) in [6.07, 6.45) is 2.32. The molecule has 1 aliphatic heterocycles. The van der Waals surface area contributed by atoms with Crippen LogP contribution < -0.4 is 0 Å². The number of hydrogen-bond acceptors (Lipinski definition) is 11. The van der Waals surface area contributed by atoms with Gasteiger partial charge in [0.05, 0.1) is 36.6 Å². The minimum absolute atomic E-state index is 0.206. The molecule has 11 nitrogen and oxygen atoms in total. The molecule has 0 fully saturated rings. The van der Waals surface area contributed by atoms with Crippen LogP contribution in [0.1, 0.15) is 72.1 Å². The Hall–Kier alpha value is -2.19. The lowest BCUT2D eigenvalue weighted by atomic mass is 9.87. The van der Waals surface area contributed by atoms with Gasteiger partial charge in [-0.2, -0.15) is 0 Å². The van der Waals surface area contributed by atoms with E-state index in [0.29, 0.717) is 12.0 Å². The van der Waals surface area contributed by atoms with Crippen molar-refractivity contribution in [3.05, 3.63) is 60.3 Å². The van der Waals surface area contributed by atoms with E-state index in [1.165, 1.54) is 13.0 Å². The summed E-state index contributed by atoms with van der Waals surface area (Å²) in [4.78, 5) is 13.1. The van der Waals surface area contributed by atoms with Crippen LogP contribution in [-0.2, 0) is 9.53 Å². The summed E-state index contributed by atoms with van der Waals surface area (Å²) in [5, 5.41) is 94.6. The van der Waals surface area contributed by atoms with Gasteiger partial charge in [0.25, 0.3) is 0 Å². The molecule has 11 heteroatoms. The first kappa shape index (κ1) is 39.8. The first-order valence-corrected chi connectivity index (χ1v) is 15.5. The number of esters is 1. The first-order chi connectivity index (χ1) is 20.8. The lowest BCUT2D eigenvalue weighted by molar-refractivity contribution is -0.168. The minimum atomic E-state index is -1.60. The number of aliphatic hydroxyl groups is 9. The molecule has 0 aromatic rings. The predicted octanol–water partition coefficient (Wildman–Crippen LogP) is 1.11. The zero-order valence-corrected chi connectivity index (χ0v) is 26.0. The van der Waals surface area contributed by atoms with Crippen LogP contribution in [0.4, 0.5) is 0 Å². The van der Waals surface area contributed by atoms with Crippen molar-refractivity contribution in [3.63, 3.8) is 0 Å². The Labute approximate surface area is 260 Å². The zero-order valence-electron chi connectivity index (χ0n) is 26.0. The van der Waals surface area contributed by atoms with Gasteiger partial charge in [0.15, 0.2) is 0 Å². The number of carbonyl (C=O) groups is 1. The van der Waals surface area contributed by atoms with Crippen LogP contribution in [0.15, 0.2) is 60.3 Å². The summed E-state index contributed by atoms with van der Waals surface area (Å²) in [6.45, 7) is 5.03. The van der Waals surface area contributed by atoms with Crippen molar-refractivity contribution in [2.24, 2.45) is 5.92 Å². The van der Waals surface area contributed by atoms with Gasteiger partial charge in [0.1, 0.15) is 30.3 Å². The largest absolute Gasteiger partial charge is 0.459 e. The standard InChI is InChI=1S/C33H54O11/c1-4-5-11-16-27(38)30-28(39)19-24(35)17-23(34)18-25(36)20-29(40)32(42)31(41)21(2)14-12-9-7-6-8-10-13-15-26(37)22(3)44-33(30)43/h6-10,12-15,22-32,34-42H,4-5,11,16-20H2,1-3H3/b7-6-,10-8-,12-9-,15-13-,21-14-. The lowest BCUT2D eigenvalue weighted by Crippen LogP contribution is -2.43. The van der Waals surface area contributed by atoms with E-state index in [1.807, 2.05) is 6.92 Å². The quantitative estimate of drug-likeness (QED) is 0.156. The van der Waals surface area contributed by atoms with Crippen molar-refractivity contribution in [1.29, 1.82) is 0 Å². The highest BCUT2D eigenvalue weighted by Gasteiger charge is 2.37. The molecule has 0 aromatic heterocycles. The van der Waals surface area contributed by atoms with Gasteiger partial charge in [0, 0.05) is 12.8 Å². The third-order valence-electron chi connectivity index (χ3n) is 7.62. The molecular weight excluding hydrogens is 572 g/mol. The number of carbonyl (C=O) groups excluding carboxylic acids is 1. The Kier molecular flexibility index (Phi) is 19.5. The van der Waals surface area contributed by atoms with E-state index in [9.17, 15) is 50.8 Å². The number of rotatable bonds is 5. The van der Waals surface area contributed by atoms with Gasteiger partial charge >= 0.3 is 5.97 Å². The molecule has 0 amide bonds. The fraction of sp³-hybridized carbons (Fsp3) is 0.667. The molecular formula is C33H54O11. The lowest BCUT2D eigenvalue weighted by Gasteiger charge is -2.30. The molecule has 0 aromatic carbocycles. The van der Waals surface area contributed by atoms with E-state index >= 15 is 0 Å². The van der Waals surface area contributed by atoms with Crippen LogP contribution in [0, 0.1) is 5.92 Å². The maximum atomic E-state index is 13.1. The van der Waals surface area contributed by atoms with Gasteiger partial charge in [-0.3, -0.25) is 4.79 Å². The molecule has 9 N–H and O–H groups in total. The Bertz CT molecular complexity index is 959. The summed E-state index contributed by atoms with van der Waals surface area (Å²) >= 11 is 0. The monoisotopic (exact) mass is 626 g/mol. The molecule has 1 heterocycles. The van der Waals surface area contributed by atoms with Gasteiger partial charge in [0.2, 0.25) is 0 Å². The first-order valence-electron chi connectivity index (χ1n) is 15.5. The van der Waals surface area contributed by atoms with Crippen molar-refractivity contribution in [1.82, 2.24) is 0 Å². The highest BCUT2D eigenvalue weighted by atomic mass is 16.6. The number of hydrogen-bond donors (Lipinski definition) is 9. The van der Waals surface area contributed by atoms with Gasteiger partial charge in [-0.05, 0) is 38.7 Å². The van der Waals surface area contributed by atoms with Crippen molar-refractivity contribution in [2.45, 2.75) is 133 Å². The maximum Gasteiger partial charge on any atom is 0.314 e. The Balaban J connectivity index is 3.19. The molecule has 44 heavy (non-hydrogen) atoms. The number of aliphatic hydroxyl groups excluding tert-OH is 9. The molecule has 0 saturated heterocycles. The van der Waals surface area contributed by atoms with Crippen molar-refractivity contribution >= 4 is 5.97 Å². The number of allylic oxidation sites excluding steroid dienone is 8. The predicted molar refractivity (Wildman–Crippen MR) is 166 cm³/mol. The third-order valence-corrected chi connectivity index (χ3v) is 7.62. The fourth-order valence-corrected chi connectivity index (χ4v) is 4.89. The van der Waals surface area contributed by atoms with Crippen molar-refractivity contribution < 1.29 is 55.5 Å². The minimum Gasteiger partial charge on any atom is -0.459 e. The fourth-order valence-electron chi connectivity index (χ4n) is 4.89. The van der Waals surface area contributed by atoms with E-state index < -0.39 is 72.9 Å². The summed E-state index contributed by atoms with van der Waals surface area (Å²) < 4.78 is 5.40. The second kappa shape index (κ2) is 21.5. The van der Waals surface area contributed by atoms with Crippen LogP contribution in [0.5, 0.6) is 0 Å². The van der Waals surface area contributed by atoms with Crippen molar-refractivity contribution in [2.75, 3.05) is 0 Å². The smallest absolute Gasteiger partial charge is 0.314 e. The molecule has 0 spiro atoms. The van der Waals surface area contributed by atoms with Crippen LogP contribution in [0.2, 0.25) is 0 Å². The van der Waals surface area contributed by atoms with Gasteiger partial charge < -0.3 is 50.7 Å². The summed E-state index contributed by atoms with van der Waals surface area (Å²) in [6, 6.07) is 0. The average Bonchev–Trinajstić information content (AvgIpc) is 2.94. The van der Waals surface area contributed by atoms with Gasteiger partial charge in [-0.25, -0.2) is 0 Å². The summed E-state index contributed by atoms with van der Waals surface area (Å²) in [5.74, 6) is -2.35. The molecule has 0 radical (unpaired) electrons. The molecule has 1 aliphatic rings. The van der Waals surface area contributed by atoms with E-state index in [0.717, 1.165) is 12.8 Å². The Morgan fingerprint density at radius 1 is 0.773 bits per heavy atom. The molecule has 0 bridgehead atoms. The summed E-state index contributed by atoms with van der Waals surface area (Å²) in [7, 11) is 0. The zero-order chi connectivity index (χ0) is 33.2. The Morgan fingerprint density at radius 3 is 1.89 bits per heavy atom. The van der Waals surface area contributed by atoms with Crippen LogP contribution in [-0.4, -0.2) is 113 Å². The molecule has 0 aliphatic carbocycles. The second-order valence-electron chi connectivity index (χ2n) is 11.6. The van der Waals surface area contributed by atoms with Crippen LogP contribution >= 0.6 is 0 Å². The van der Waals surface area contributed by atoms with Crippen molar-refractivity contribution in [3.8, 4) is 0 Å². The molecule has 0 saturated carbocycles. The maximum absolute atomic E-state index is 13.1. The number of unbranched alkanes of at least 4 members (excludes halogenated alkanes) is 2. The topological polar surface area (TPSA) is 208 Å². The number of ether oxygens (including phenoxy) is 1. The normalized spacial score (nSPS) is 39.3. The summed E-state index contributed by atoms with van der Waals surface area (Å²) in [5.41, 5.74) is 0.370. The average molecular weight is 627 g/mol. The molecule has 11 unspecified atom stereocenters. The van der Waals surface area contributed by atoms with Gasteiger partial charge in [-0.1, -0.05) is 80.9 Å². The highest BCUT2D eigenvalue weighted by Crippen LogP contribution is 2.24. The number of cyclic esters (lactones) is 1. The van der Waals surface area contributed by atoms with Crippen LogP contribution in [0.25, 0.3) is 0 Å². The van der Waals surface area contributed by atoms with E-state index in [4.69, 9.17) is 4.74 Å². The molecule has 11 atom stereocenters. The van der Waals surface area contributed by atoms with E-state index in [1.54, 1.807) is 55.5 Å². The van der Waals surface area contributed by atoms with Gasteiger partial charge in [-0.15, -0.1) is 0 Å². The molecule has 1 rings (SSSR count). The van der Waals surface area contributed by atoms with Crippen LogP contribution in [0.3, 0.4) is 0 Å². The Morgan fingerprint density at radius 2 is 1.30 bits per heavy atom. The second-order valence-corrected chi connectivity index (χ2v) is 11.6. The molecule has 252 valence electrons. The van der Waals surface area contributed by atoms with E-state index in [-0.39, 0.29) is 32.1 Å². The SMILES string of the molecule is CCCCCC(O)C1C(=O)OC(C)C(O)\C=C/C=C\C=C/C=C\C=C(\C)C(O)C(O)C(O)CC(O)CC(O)CC(O)CC1O. The van der Waals surface area contributed by atoms with E-state index in [2.05, 4.69) is 0 Å². The third kappa shape index (κ3) is 15.2.